The Bertz CT molecular complexity index is 609. The van der Waals surface area contributed by atoms with Crippen molar-refractivity contribution in [2.45, 2.75) is 59.0 Å². The minimum atomic E-state index is -0.0425. The summed E-state index contributed by atoms with van der Waals surface area (Å²) in [4.78, 5) is 17.6. The van der Waals surface area contributed by atoms with Gasteiger partial charge in [-0.25, -0.2) is 0 Å². The molecule has 1 N–H and O–H groups in total. The van der Waals surface area contributed by atoms with E-state index in [1.807, 2.05) is 0 Å². The van der Waals surface area contributed by atoms with Crippen LogP contribution in [0.5, 0.6) is 0 Å². The summed E-state index contributed by atoms with van der Waals surface area (Å²) in [7, 11) is 0. The molecule has 1 saturated carbocycles. The number of aryl methyl sites for hydroxylation is 1. The number of anilines is 1. The molecule has 2 fully saturated rings. The van der Waals surface area contributed by atoms with Crippen LogP contribution in [0.25, 0.3) is 0 Å². The van der Waals surface area contributed by atoms with E-state index in [4.69, 9.17) is 0 Å². The summed E-state index contributed by atoms with van der Waals surface area (Å²) in [5.41, 5.74) is 2.60. The van der Waals surface area contributed by atoms with E-state index in [9.17, 15) is 4.79 Å². The van der Waals surface area contributed by atoms with Crippen molar-refractivity contribution in [1.29, 1.82) is 0 Å². The maximum Gasteiger partial charge on any atom is 0.237 e. The zero-order chi connectivity index (χ0) is 18.7. The molecule has 0 spiro atoms. The number of hydrogen-bond acceptors (Lipinski definition) is 3. The highest BCUT2D eigenvalue weighted by Gasteiger charge is 2.31. The number of amides is 1. The molecule has 1 aromatic carbocycles. The molecular weight excluding hydrogens is 322 g/mol. The van der Waals surface area contributed by atoms with Gasteiger partial charge < -0.3 is 10.2 Å². The highest BCUT2D eigenvalue weighted by Crippen LogP contribution is 2.29. The van der Waals surface area contributed by atoms with Crippen molar-refractivity contribution in [2.24, 2.45) is 11.8 Å². The van der Waals surface area contributed by atoms with Crippen molar-refractivity contribution in [3.05, 3.63) is 29.8 Å². The van der Waals surface area contributed by atoms with Crippen molar-refractivity contribution in [2.75, 3.05) is 31.1 Å². The molecule has 0 radical (unpaired) electrons. The monoisotopic (exact) mass is 357 g/mol. The van der Waals surface area contributed by atoms with Crippen LogP contribution in [-0.4, -0.2) is 49.1 Å². The Morgan fingerprint density at radius 2 is 1.88 bits per heavy atom. The van der Waals surface area contributed by atoms with Crippen molar-refractivity contribution >= 4 is 11.6 Å². The van der Waals surface area contributed by atoms with Gasteiger partial charge in [-0.2, -0.15) is 0 Å². The highest BCUT2D eigenvalue weighted by atomic mass is 16.2. The molecule has 0 aromatic heterocycles. The number of hydrogen-bond donors (Lipinski definition) is 1. The molecule has 1 amide bonds. The molecule has 144 valence electrons. The molecule has 4 nitrogen and oxygen atoms in total. The third-order valence-corrected chi connectivity index (χ3v) is 6.64. The Kier molecular flexibility index (Phi) is 6.23. The van der Waals surface area contributed by atoms with Crippen LogP contribution < -0.4 is 10.2 Å². The van der Waals surface area contributed by atoms with Gasteiger partial charge in [-0.3, -0.25) is 9.69 Å². The standard InChI is InChI=1S/C22H35N3O/c1-16-7-5-9-20(15-16)25-13-11-24(12-14-25)19(4)22(26)23-21-10-6-8-17(2)18(21)3/h5,7,9,15,17-19,21H,6,8,10-14H2,1-4H3,(H,23,26). The van der Waals surface area contributed by atoms with Crippen LogP contribution in [0.15, 0.2) is 24.3 Å². The first-order chi connectivity index (χ1) is 12.5. The van der Waals surface area contributed by atoms with Gasteiger partial charge in [0.15, 0.2) is 0 Å². The first-order valence-electron chi connectivity index (χ1n) is 10.3. The normalized spacial score (nSPS) is 28.6. The summed E-state index contributed by atoms with van der Waals surface area (Å²) in [6.07, 6.45) is 3.66. The lowest BCUT2D eigenvalue weighted by Crippen LogP contribution is -2.56. The van der Waals surface area contributed by atoms with Crippen LogP contribution in [0.4, 0.5) is 5.69 Å². The summed E-state index contributed by atoms with van der Waals surface area (Å²) in [5.74, 6) is 1.50. The van der Waals surface area contributed by atoms with E-state index in [-0.39, 0.29) is 11.9 Å². The number of piperazine rings is 1. The van der Waals surface area contributed by atoms with Crippen molar-refractivity contribution in [3.8, 4) is 0 Å². The molecule has 1 aliphatic carbocycles. The quantitative estimate of drug-likeness (QED) is 0.896. The Labute approximate surface area is 158 Å². The summed E-state index contributed by atoms with van der Waals surface area (Å²) >= 11 is 0. The minimum Gasteiger partial charge on any atom is -0.369 e. The average molecular weight is 358 g/mol. The fourth-order valence-electron chi connectivity index (χ4n) is 4.45. The molecule has 4 heteroatoms. The van der Waals surface area contributed by atoms with Gasteiger partial charge in [-0.05, 0) is 49.8 Å². The molecule has 0 bridgehead atoms. The summed E-state index contributed by atoms with van der Waals surface area (Å²) in [6, 6.07) is 9.00. The van der Waals surface area contributed by atoms with Crippen LogP contribution in [-0.2, 0) is 4.79 Å². The predicted molar refractivity (Wildman–Crippen MR) is 109 cm³/mol. The average Bonchev–Trinajstić information content (AvgIpc) is 2.65. The van der Waals surface area contributed by atoms with Crippen LogP contribution in [0, 0.1) is 18.8 Å². The zero-order valence-corrected chi connectivity index (χ0v) is 16.9. The Morgan fingerprint density at radius 3 is 2.58 bits per heavy atom. The maximum absolute atomic E-state index is 12.8. The third kappa shape index (κ3) is 4.40. The van der Waals surface area contributed by atoms with E-state index < -0.39 is 0 Å². The molecule has 4 atom stereocenters. The lowest BCUT2D eigenvalue weighted by atomic mass is 9.78. The van der Waals surface area contributed by atoms with E-state index in [1.54, 1.807) is 0 Å². The van der Waals surface area contributed by atoms with Gasteiger partial charge in [0.2, 0.25) is 5.91 Å². The minimum absolute atomic E-state index is 0.0425. The van der Waals surface area contributed by atoms with Crippen molar-refractivity contribution in [3.63, 3.8) is 0 Å². The number of nitrogens with one attached hydrogen (secondary N) is 1. The maximum atomic E-state index is 12.8. The van der Waals surface area contributed by atoms with Gasteiger partial charge in [0, 0.05) is 37.9 Å². The molecule has 1 aromatic rings. The fourth-order valence-corrected chi connectivity index (χ4v) is 4.45. The predicted octanol–water partition coefficient (Wildman–Crippen LogP) is 3.45. The second-order valence-electron chi connectivity index (χ2n) is 8.42. The number of carbonyl (C=O) groups is 1. The van der Waals surface area contributed by atoms with Gasteiger partial charge in [-0.15, -0.1) is 0 Å². The summed E-state index contributed by atoms with van der Waals surface area (Å²) in [6.45, 7) is 12.7. The van der Waals surface area contributed by atoms with Gasteiger partial charge >= 0.3 is 0 Å². The molecule has 26 heavy (non-hydrogen) atoms. The Balaban J connectivity index is 1.51. The third-order valence-electron chi connectivity index (χ3n) is 6.64. The second kappa shape index (κ2) is 8.43. The van der Waals surface area contributed by atoms with Crippen molar-refractivity contribution < 1.29 is 4.79 Å². The van der Waals surface area contributed by atoms with Crippen molar-refractivity contribution in [1.82, 2.24) is 10.2 Å². The second-order valence-corrected chi connectivity index (χ2v) is 8.42. The highest BCUT2D eigenvalue weighted by molar-refractivity contribution is 5.81. The van der Waals surface area contributed by atoms with Crippen LogP contribution in [0.3, 0.4) is 0 Å². The zero-order valence-electron chi connectivity index (χ0n) is 16.9. The summed E-state index contributed by atoms with van der Waals surface area (Å²) < 4.78 is 0. The lowest BCUT2D eigenvalue weighted by molar-refractivity contribution is -0.127. The SMILES string of the molecule is Cc1cccc(N2CCN(C(C)C(=O)NC3CCCC(C)C3C)CC2)c1. The number of benzene rings is 1. The number of nitrogens with zero attached hydrogens (tertiary/aromatic N) is 2. The Morgan fingerprint density at radius 1 is 1.15 bits per heavy atom. The number of carbonyl (C=O) groups excluding carboxylic acids is 1. The Hall–Kier alpha value is -1.55. The molecule has 3 rings (SSSR count). The largest absolute Gasteiger partial charge is 0.369 e. The van der Waals surface area contributed by atoms with E-state index in [2.05, 4.69) is 67.1 Å². The molecule has 4 unspecified atom stereocenters. The van der Waals surface area contributed by atoms with Gasteiger partial charge in [0.25, 0.3) is 0 Å². The number of rotatable bonds is 4. The van der Waals surface area contributed by atoms with Gasteiger partial charge in [-0.1, -0.05) is 38.8 Å². The molecule has 1 saturated heterocycles. The topological polar surface area (TPSA) is 35.6 Å². The van der Waals surface area contributed by atoms with Gasteiger partial charge in [0.05, 0.1) is 6.04 Å². The molecule has 1 aliphatic heterocycles. The van der Waals surface area contributed by atoms with E-state index in [1.165, 1.54) is 24.1 Å². The fraction of sp³-hybridized carbons (Fsp3) is 0.682. The first kappa shape index (κ1) is 19.2. The van der Waals surface area contributed by atoms with E-state index in [0.717, 1.165) is 32.6 Å². The molecule has 2 aliphatic rings. The first-order valence-corrected chi connectivity index (χ1v) is 10.3. The van der Waals surface area contributed by atoms with Gasteiger partial charge in [0.1, 0.15) is 0 Å². The van der Waals surface area contributed by atoms with Crippen LogP contribution in [0.2, 0.25) is 0 Å². The lowest BCUT2D eigenvalue weighted by Gasteiger charge is -2.40. The molecular formula is C22H35N3O. The summed E-state index contributed by atoms with van der Waals surface area (Å²) in [5, 5.41) is 3.35. The smallest absolute Gasteiger partial charge is 0.237 e. The van der Waals surface area contributed by atoms with Crippen LogP contribution >= 0.6 is 0 Å². The van der Waals surface area contributed by atoms with Crippen LogP contribution in [0.1, 0.15) is 45.6 Å². The van der Waals surface area contributed by atoms with E-state index >= 15 is 0 Å². The molecule has 1 heterocycles. The van der Waals surface area contributed by atoms with E-state index in [0.29, 0.717) is 17.9 Å².